The number of carbonyl (C=O) groups is 3. The number of rotatable bonds is 4. The molecule has 0 unspecified atom stereocenters. The quantitative estimate of drug-likeness (QED) is 0.669. The fourth-order valence-electron chi connectivity index (χ4n) is 2.17. The van der Waals surface area contributed by atoms with Gasteiger partial charge in [0.15, 0.2) is 0 Å². The second kappa shape index (κ2) is 7.44. The SMILES string of the molecule is CCOC(=O)c1cccc(NC(=O)N2CCN(C=O)CC2)c1. The molecule has 2 rings (SSSR count). The molecule has 0 aromatic heterocycles. The first-order valence-electron chi connectivity index (χ1n) is 7.16. The maximum atomic E-state index is 12.2. The molecule has 0 aliphatic carbocycles. The van der Waals surface area contributed by atoms with Gasteiger partial charge in [0, 0.05) is 31.9 Å². The van der Waals surface area contributed by atoms with E-state index in [0.29, 0.717) is 44.0 Å². The molecule has 7 heteroatoms. The van der Waals surface area contributed by atoms with Gasteiger partial charge in [-0.25, -0.2) is 9.59 Å². The van der Waals surface area contributed by atoms with E-state index in [1.807, 2.05) is 0 Å². The molecule has 22 heavy (non-hydrogen) atoms. The maximum Gasteiger partial charge on any atom is 0.338 e. The van der Waals surface area contributed by atoms with Crippen LogP contribution in [0.5, 0.6) is 0 Å². The van der Waals surface area contributed by atoms with Gasteiger partial charge < -0.3 is 19.9 Å². The van der Waals surface area contributed by atoms with E-state index in [4.69, 9.17) is 4.74 Å². The van der Waals surface area contributed by atoms with Crippen LogP contribution in [0.4, 0.5) is 10.5 Å². The summed E-state index contributed by atoms with van der Waals surface area (Å²) in [4.78, 5) is 37.7. The summed E-state index contributed by atoms with van der Waals surface area (Å²) in [6.45, 7) is 4.07. The zero-order chi connectivity index (χ0) is 15.9. The lowest BCUT2D eigenvalue weighted by Gasteiger charge is -2.32. The average Bonchev–Trinajstić information content (AvgIpc) is 2.55. The lowest BCUT2D eigenvalue weighted by molar-refractivity contribution is -0.119. The molecule has 0 radical (unpaired) electrons. The van der Waals surface area contributed by atoms with Gasteiger partial charge in [0.05, 0.1) is 12.2 Å². The van der Waals surface area contributed by atoms with E-state index in [0.717, 1.165) is 6.41 Å². The van der Waals surface area contributed by atoms with Crippen molar-refractivity contribution < 1.29 is 19.1 Å². The molecule has 1 fully saturated rings. The van der Waals surface area contributed by atoms with Crippen LogP contribution in [-0.2, 0) is 9.53 Å². The Hall–Kier alpha value is -2.57. The monoisotopic (exact) mass is 305 g/mol. The van der Waals surface area contributed by atoms with Gasteiger partial charge in [-0.15, -0.1) is 0 Å². The minimum absolute atomic E-state index is 0.244. The predicted octanol–water partition coefficient (Wildman–Crippen LogP) is 1.17. The van der Waals surface area contributed by atoms with Gasteiger partial charge in [0.2, 0.25) is 6.41 Å². The lowest BCUT2D eigenvalue weighted by Crippen LogP contribution is -2.49. The molecule has 0 saturated carbocycles. The van der Waals surface area contributed by atoms with Crippen molar-refractivity contribution in [3.8, 4) is 0 Å². The van der Waals surface area contributed by atoms with Crippen molar-refractivity contribution in [2.24, 2.45) is 0 Å². The Labute approximate surface area is 128 Å². The Morgan fingerprint density at radius 2 is 2.00 bits per heavy atom. The van der Waals surface area contributed by atoms with Crippen LogP contribution in [-0.4, -0.2) is 61.0 Å². The molecule has 118 valence electrons. The summed E-state index contributed by atoms with van der Waals surface area (Å²) in [5, 5.41) is 2.75. The first-order valence-corrected chi connectivity index (χ1v) is 7.16. The third-order valence-electron chi connectivity index (χ3n) is 3.38. The molecule has 0 spiro atoms. The molecule has 0 atom stereocenters. The van der Waals surface area contributed by atoms with Crippen molar-refractivity contribution >= 4 is 24.1 Å². The van der Waals surface area contributed by atoms with E-state index in [-0.39, 0.29) is 6.03 Å². The summed E-state index contributed by atoms with van der Waals surface area (Å²) < 4.78 is 4.93. The molecule has 7 nitrogen and oxygen atoms in total. The summed E-state index contributed by atoms with van der Waals surface area (Å²) in [5.41, 5.74) is 0.929. The van der Waals surface area contributed by atoms with Crippen LogP contribution < -0.4 is 5.32 Å². The van der Waals surface area contributed by atoms with E-state index in [1.165, 1.54) is 0 Å². The van der Waals surface area contributed by atoms with E-state index in [2.05, 4.69) is 5.32 Å². The summed E-state index contributed by atoms with van der Waals surface area (Å²) in [6, 6.07) is 6.37. The highest BCUT2D eigenvalue weighted by Crippen LogP contribution is 2.13. The zero-order valence-electron chi connectivity index (χ0n) is 12.4. The summed E-state index contributed by atoms with van der Waals surface area (Å²) >= 11 is 0. The van der Waals surface area contributed by atoms with Crippen molar-refractivity contribution in [2.45, 2.75) is 6.92 Å². The average molecular weight is 305 g/mol. The lowest BCUT2D eigenvalue weighted by atomic mass is 10.2. The molecule has 1 aromatic carbocycles. The Morgan fingerprint density at radius 3 is 2.64 bits per heavy atom. The van der Waals surface area contributed by atoms with Gasteiger partial charge >= 0.3 is 12.0 Å². The Kier molecular flexibility index (Phi) is 5.35. The van der Waals surface area contributed by atoms with Crippen LogP contribution >= 0.6 is 0 Å². The molecule has 1 aliphatic heterocycles. The van der Waals surface area contributed by atoms with Crippen LogP contribution in [0.2, 0.25) is 0 Å². The normalized spacial score (nSPS) is 14.4. The first kappa shape index (κ1) is 15.8. The third-order valence-corrected chi connectivity index (χ3v) is 3.38. The minimum atomic E-state index is -0.418. The van der Waals surface area contributed by atoms with Crippen LogP contribution in [0, 0.1) is 0 Å². The van der Waals surface area contributed by atoms with Gasteiger partial charge in [-0.3, -0.25) is 4.79 Å². The minimum Gasteiger partial charge on any atom is -0.462 e. The number of ether oxygens (including phenoxy) is 1. The molecule has 1 N–H and O–H groups in total. The topological polar surface area (TPSA) is 79.0 Å². The number of esters is 1. The van der Waals surface area contributed by atoms with Crippen molar-refractivity contribution in [3.05, 3.63) is 29.8 Å². The van der Waals surface area contributed by atoms with Crippen molar-refractivity contribution in [2.75, 3.05) is 38.1 Å². The maximum absolute atomic E-state index is 12.2. The van der Waals surface area contributed by atoms with Crippen LogP contribution in [0.25, 0.3) is 0 Å². The molecule has 0 bridgehead atoms. The smallest absolute Gasteiger partial charge is 0.338 e. The number of nitrogens with one attached hydrogen (secondary N) is 1. The fraction of sp³-hybridized carbons (Fsp3) is 0.400. The highest BCUT2D eigenvalue weighted by Gasteiger charge is 2.20. The number of benzene rings is 1. The largest absolute Gasteiger partial charge is 0.462 e. The van der Waals surface area contributed by atoms with Gasteiger partial charge in [-0.1, -0.05) is 6.07 Å². The van der Waals surface area contributed by atoms with Crippen LogP contribution in [0.15, 0.2) is 24.3 Å². The predicted molar refractivity (Wildman–Crippen MR) is 80.6 cm³/mol. The van der Waals surface area contributed by atoms with Gasteiger partial charge in [-0.2, -0.15) is 0 Å². The molecular formula is C15H19N3O4. The number of urea groups is 1. The van der Waals surface area contributed by atoms with Gasteiger partial charge in [0.1, 0.15) is 0 Å². The van der Waals surface area contributed by atoms with Gasteiger partial charge in [0.25, 0.3) is 0 Å². The molecule has 3 amide bonds. The summed E-state index contributed by atoms with van der Waals surface area (Å²) in [6.07, 6.45) is 0.790. The second-order valence-electron chi connectivity index (χ2n) is 4.86. The number of hydrogen-bond donors (Lipinski definition) is 1. The summed E-state index contributed by atoms with van der Waals surface area (Å²) in [5.74, 6) is -0.418. The number of anilines is 1. The summed E-state index contributed by atoms with van der Waals surface area (Å²) in [7, 11) is 0. The standard InChI is InChI=1S/C15H19N3O4/c1-2-22-14(20)12-4-3-5-13(10-12)16-15(21)18-8-6-17(11-19)7-9-18/h3-5,10-11H,2,6-9H2,1H3,(H,16,21). The van der Waals surface area contributed by atoms with Crippen molar-refractivity contribution in [1.82, 2.24) is 9.80 Å². The molecule has 1 heterocycles. The molecule has 1 aliphatic rings. The third kappa shape index (κ3) is 3.97. The Bertz CT molecular complexity index is 553. The molecule has 1 saturated heterocycles. The van der Waals surface area contributed by atoms with Crippen molar-refractivity contribution in [3.63, 3.8) is 0 Å². The number of carbonyl (C=O) groups excluding carboxylic acids is 3. The molecule has 1 aromatic rings. The number of nitrogens with zero attached hydrogens (tertiary/aromatic N) is 2. The number of hydrogen-bond acceptors (Lipinski definition) is 4. The highest BCUT2D eigenvalue weighted by atomic mass is 16.5. The highest BCUT2D eigenvalue weighted by molar-refractivity contribution is 5.94. The Balaban J connectivity index is 1.95. The van der Waals surface area contributed by atoms with E-state index in [1.54, 1.807) is 41.0 Å². The van der Waals surface area contributed by atoms with E-state index in [9.17, 15) is 14.4 Å². The fourth-order valence-corrected chi connectivity index (χ4v) is 2.17. The van der Waals surface area contributed by atoms with Gasteiger partial charge in [-0.05, 0) is 25.1 Å². The number of amides is 3. The van der Waals surface area contributed by atoms with Crippen molar-refractivity contribution in [1.29, 1.82) is 0 Å². The molecular weight excluding hydrogens is 286 g/mol. The van der Waals surface area contributed by atoms with E-state index < -0.39 is 5.97 Å². The second-order valence-corrected chi connectivity index (χ2v) is 4.86. The number of piperazine rings is 1. The van der Waals surface area contributed by atoms with E-state index >= 15 is 0 Å². The Morgan fingerprint density at radius 1 is 1.27 bits per heavy atom. The first-order chi connectivity index (χ1) is 10.6. The van der Waals surface area contributed by atoms with Crippen LogP contribution in [0.3, 0.4) is 0 Å². The van der Waals surface area contributed by atoms with Crippen LogP contribution in [0.1, 0.15) is 17.3 Å². The zero-order valence-corrected chi connectivity index (χ0v) is 12.4.